The summed E-state index contributed by atoms with van der Waals surface area (Å²) < 4.78 is 11.0. The largest absolute Gasteiger partial charge is 0.496 e. The van der Waals surface area contributed by atoms with Crippen LogP contribution in [0.2, 0.25) is 0 Å². The number of carboxylic acid groups (broad SMARTS) is 1. The summed E-state index contributed by atoms with van der Waals surface area (Å²) in [6.45, 7) is 4.27. The highest BCUT2D eigenvalue weighted by molar-refractivity contribution is 7.14. The van der Waals surface area contributed by atoms with E-state index in [1.54, 1.807) is 13.2 Å². The maximum Gasteiger partial charge on any atom is 0.349 e. The van der Waals surface area contributed by atoms with Crippen molar-refractivity contribution in [1.29, 1.82) is 0 Å². The second-order valence-corrected chi connectivity index (χ2v) is 5.81. The van der Waals surface area contributed by atoms with Crippen molar-refractivity contribution >= 4 is 17.3 Å². The van der Waals surface area contributed by atoms with Crippen LogP contribution in [0.5, 0.6) is 11.5 Å². The van der Waals surface area contributed by atoms with E-state index in [-0.39, 0.29) is 11.5 Å². The normalized spacial score (nSPS) is 10.4. The molecule has 0 spiro atoms. The molecule has 112 valence electrons. The highest BCUT2D eigenvalue weighted by atomic mass is 32.1. The number of benzene rings is 1. The number of rotatable bonds is 6. The van der Waals surface area contributed by atoms with Crippen molar-refractivity contribution in [3.8, 4) is 11.5 Å². The predicted molar refractivity (Wildman–Crippen MR) is 82.7 cm³/mol. The Bertz CT molecular complexity index is 646. The highest BCUT2D eigenvalue weighted by Crippen LogP contribution is 2.31. The van der Waals surface area contributed by atoms with Gasteiger partial charge in [-0.15, -0.1) is 11.3 Å². The Morgan fingerprint density at radius 1 is 1.29 bits per heavy atom. The van der Waals surface area contributed by atoms with E-state index in [2.05, 4.69) is 0 Å². The smallest absolute Gasteiger partial charge is 0.349 e. The molecular weight excluding hydrogens is 288 g/mol. The maximum absolute atomic E-state index is 11.2. The summed E-state index contributed by atoms with van der Waals surface area (Å²) in [5, 5.41) is 9.22. The van der Waals surface area contributed by atoms with E-state index in [0.717, 1.165) is 28.2 Å². The van der Waals surface area contributed by atoms with Gasteiger partial charge in [-0.3, -0.25) is 0 Å². The third-order valence-corrected chi connectivity index (χ3v) is 4.36. The van der Waals surface area contributed by atoms with Crippen LogP contribution in [0.25, 0.3) is 0 Å². The predicted octanol–water partition coefficient (Wildman–Crippen LogP) is 3.90. The summed E-state index contributed by atoms with van der Waals surface area (Å²) in [5.41, 5.74) is 2.01. The van der Waals surface area contributed by atoms with E-state index >= 15 is 0 Å². The van der Waals surface area contributed by atoms with Crippen molar-refractivity contribution in [2.24, 2.45) is 0 Å². The van der Waals surface area contributed by atoms with Crippen molar-refractivity contribution in [1.82, 2.24) is 0 Å². The molecule has 0 unspecified atom stereocenters. The summed E-state index contributed by atoms with van der Waals surface area (Å²) in [5.74, 6) is 0.210. The minimum Gasteiger partial charge on any atom is -0.496 e. The zero-order chi connectivity index (χ0) is 15.4. The fourth-order valence-corrected chi connectivity index (χ4v) is 2.91. The van der Waals surface area contributed by atoms with Gasteiger partial charge in [-0.25, -0.2) is 4.79 Å². The van der Waals surface area contributed by atoms with Crippen LogP contribution < -0.4 is 9.47 Å². The number of carboxylic acids is 1. The zero-order valence-electron chi connectivity index (χ0n) is 12.3. The van der Waals surface area contributed by atoms with E-state index in [9.17, 15) is 9.90 Å². The van der Waals surface area contributed by atoms with E-state index in [1.807, 2.05) is 32.0 Å². The van der Waals surface area contributed by atoms with Crippen molar-refractivity contribution in [2.75, 3.05) is 7.11 Å². The molecule has 0 saturated heterocycles. The fourth-order valence-electron chi connectivity index (χ4n) is 2.03. The third-order valence-electron chi connectivity index (χ3n) is 3.11. The molecule has 0 radical (unpaired) electrons. The van der Waals surface area contributed by atoms with Gasteiger partial charge >= 0.3 is 5.97 Å². The number of aromatic carboxylic acids is 1. The number of hydrogen-bond donors (Lipinski definition) is 1. The van der Waals surface area contributed by atoms with Crippen molar-refractivity contribution in [3.63, 3.8) is 0 Å². The molecule has 21 heavy (non-hydrogen) atoms. The van der Waals surface area contributed by atoms with Gasteiger partial charge in [-0.1, -0.05) is 18.6 Å². The van der Waals surface area contributed by atoms with Gasteiger partial charge in [-0.05, 0) is 31.5 Å². The van der Waals surface area contributed by atoms with Gasteiger partial charge < -0.3 is 14.6 Å². The van der Waals surface area contributed by atoms with Crippen molar-refractivity contribution in [2.45, 2.75) is 26.9 Å². The first-order valence-corrected chi connectivity index (χ1v) is 7.49. The molecule has 0 fully saturated rings. The van der Waals surface area contributed by atoms with Crippen LogP contribution in [0.1, 0.15) is 32.6 Å². The first-order chi connectivity index (χ1) is 10.0. The molecule has 0 saturated carbocycles. The number of carbonyl (C=O) groups is 1. The highest BCUT2D eigenvalue weighted by Gasteiger charge is 2.17. The van der Waals surface area contributed by atoms with E-state index in [4.69, 9.17) is 9.47 Å². The van der Waals surface area contributed by atoms with Crippen LogP contribution in [0.3, 0.4) is 0 Å². The van der Waals surface area contributed by atoms with Gasteiger partial charge in [0.1, 0.15) is 18.1 Å². The molecule has 0 bridgehead atoms. The lowest BCUT2D eigenvalue weighted by molar-refractivity contribution is 0.0697. The molecule has 0 aliphatic heterocycles. The first kappa shape index (κ1) is 15.4. The molecule has 0 aliphatic rings. The van der Waals surface area contributed by atoms with E-state index in [1.165, 1.54) is 11.3 Å². The summed E-state index contributed by atoms with van der Waals surface area (Å²) >= 11 is 1.26. The van der Waals surface area contributed by atoms with Crippen molar-refractivity contribution in [3.05, 3.63) is 45.1 Å². The molecule has 0 aliphatic carbocycles. The van der Waals surface area contributed by atoms with Gasteiger partial charge in [0.15, 0.2) is 4.88 Å². The van der Waals surface area contributed by atoms with Crippen LogP contribution in [-0.2, 0) is 13.0 Å². The summed E-state index contributed by atoms with van der Waals surface area (Å²) in [6, 6.07) is 7.63. The number of hydrogen-bond acceptors (Lipinski definition) is 4. The summed E-state index contributed by atoms with van der Waals surface area (Å²) in [7, 11) is 1.61. The SMILES string of the molecule is CCc1cc(OCc2cc(C)ccc2OC)c(C(=O)O)s1. The molecule has 4 nitrogen and oxygen atoms in total. The first-order valence-electron chi connectivity index (χ1n) is 6.67. The lowest BCUT2D eigenvalue weighted by Gasteiger charge is -2.10. The zero-order valence-corrected chi connectivity index (χ0v) is 13.1. The molecule has 1 N–H and O–H groups in total. The van der Waals surface area contributed by atoms with E-state index < -0.39 is 5.97 Å². The minimum atomic E-state index is -0.953. The average Bonchev–Trinajstić information content (AvgIpc) is 2.89. The Morgan fingerprint density at radius 3 is 2.67 bits per heavy atom. The maximum atomic E-state index is 11.2. The monoisotopic (exact) mass is 306 g/mol. The van der Waals surface area contributed by atoms with Crippen molar-refractivity contribution < 1.29 is 19.4 Å². The van der Waals surface area contributed by atoms with Crippen LogP contribution in [-0.4, -0.2) is 18.2 Å². The Balaban J connectivity index is 2.22. The van der Waals surface area contributed by atoms with Crippen LogP contribution >= 0.6 is 11.3 Å². The number of aryl methyl sites for hydroxylation is 2. The Hall–Kier alpha value is -2.01. The Labute approximate surface area is 128 Å². The molecule has 1 heterocycles. The quantitative estimate of drug-likeness (QED) is 0.879. The number of ether oxygens (including phenoxy) is 2. The summed E-state index contributed by atoms with van der Waals surface area (Å²) in [4.78, 5) is 12.5. The molecule has 2 rings (SSSR count). The van der Waals surface area contributed by atoms with Crippen LogP contribution in [0.4, 0.5) is 0 Å². The van der Waals surface area contributed by atoms with Gasteiger partial charge in [-0.2, -0.15) is 0 Å². The van der Waals surface area contributed by atoms with Gasteiger partial charge in [0.25, 0.3) is 0 Å². The third kappa shape index (κ3) is 3.55. The Kier molecular flexibility index (Phi) is 4.85. The van der Waals surface area contributed by atoms with Crippen LogP contribution in [0, 0.1) is 6.92 Å². The molecule has 2 aromatic rings. The second-order valence-electron chi connectivity index (χ2n) is 4.67. The topological polar surface area (TPSA) is 55.8 Å². The van der Waals surface area contributed by atoms with Crippen LogP contribution in [0.15, 0.2) is 24.3 Å². The van der Waals surface area contributed by atoms with Gasteiger partial charge in [0.2, 0.25) is 0 Å². The molecule has 1 aromatic carbocycles. The Morgan fingerprint density at radius 2 is 2.05 bits per heavy atom. The average molecular weight is 306 g/mol. The molecule has 0 amide bonds. The number of thiophene rings is 1. The molecule has 5 heteroatoms. The van der Waals surface area contributed by atoms with Gasteiger partial charge in [0.05, 0.1) is 7.11 Å². The lowest BCUT2D eigenvalue weighted by Crippen LogP contribution is -2.02. The molecule has 1 aromatic heterocycles. The van der Waals surface area contributed by atoms with Gasteiger partial charge in [0, 0.05) is 10.4 Å². The number of methoxy groups -OCH3 is 1. The standard InChI is InChI=1S/C16H18O4S/c1-4-12-8-14(15(21-12)16(17)18)20-9-11-7-10(2)5-6-13(11)19-3/h5-8H,4,9H2,1-3H3,(H,17,18). The summed E-state index contributed by atoms with van der Waals surface area (Å²) in [6.07, 6.45) is 0.794. The lowest BCUT2D eigenvalue weighted by atomic mass is 10.1. The minimum absolute atomic E-state index is 0.249. The molecular formula is C16H18O4S. The second kappa shape index (κ2) is 6.63. The fraction of sp³-hybridized carbons (Fsp3) is 0.312. The molecule has 0 atom stereocenters. The van der Waals surface area contributed by atoms with E-state index in [0.29, 0.717) is 5.75 Å².